The van der Waals surface area contributed by atoms with Gasteiger partial charge in [0.05, 0.1) is 0 Å². The van der Waals surface area contributed by atoms with Crippen LogP contribution in [0.3, 0.4) is 0 Å². The van der Waals surface area contributed by atoms with Crippen LogP contribution in [-0.4, -0.2) is 5.25 Å². The van der Waals surface area contributed by atoms with Crippen molar-refractivity contribution in [2.24, 2.45) is 0 Å². The summed E-state index contributed by atoms with van der Waals surface area (Å²) in [6.45, 7) is 4.33. The van der Waals surface area contributed by atoms with E-state index in [1.165, 1.54) is 0 Å². The van der Waals surface area contributed by atoms with E-state index < -0.39 is 0 Å². The van der Waals surface area contributed by atoms with Gasteiger partial charge in [0, 0.05) is 5.25 Å². The number of halogens is 1. The smallest absolute Gasteiger partial charge is 0.00319 e. The first-order valence-corrected chi connectivity index (χ1v) is 4.04. The molecule has 0 saturated carbocycles. The molecule has 0 aromatic carbocycles. The molecule has 0 atom stereocenters. The fourth-order valence-corrected chi connectivity index (χ4v) is 0.934. The average molecular weight is 181 g/mol. The van der Waals surface area contributed by atoms with Crippen LogP contribution in [0, 0.1) is 0 Å². The Kier molecular flexibility index (Phi) is 5.11. The molecule has 0 unspecified atom stereocenters. The fourth-order valence-electron chi connectivity index (χ4n) is 0.187. The second-order valence-corrected chi connectivity index (χ2v) is 3.46. The van der Waals surface area contributed by atoms with Crippen LogP contribution in [0.25, 0.3) is 0 Å². The Hall–Kier alpha value is 0.570. The molecule has 0 heterocycles. The van der Waals surface area contributed by atoms with Crippen molar-refractivity contribution in [3.8, 4) is 0 Å². The maximum absolute atomic E-state index is 3.18. The Bertz CT molecular complexity index is 59.1. The molecule has 0 radical (unpaired) electrons. The molecule has 0 fully saturated rings. The summed E-state index contributed by atoms with van der Waals surface area (Å²) in [7, 11) is 0. The average Bonchev–Trinajstić information content (AvgIpc) is 1.61. The van der Waals surface area contributed by atoms with Crippen LogP contribution in [0.15, 0.2) is 10.4 Å². The molecule has 0 aliphatic heterocycles. The summed E-state index contributed by atoms with van der Waals surface area (Å²) in [5.41, 5.74) is 0. The van der Waals surface area contributed by atoms with Crippen molar-refractivity contribution in [2.45, 2.75) is 19.1 Å². The molecule has 0 spiro atoms. The molecule has 7 heavy (non-hydrogen) atoms. The maximum atomic E-state index is 3.18. The molecule has 0 N–H and O–H groups in total. The van der Waals surface area contributed by atoms with E-state index in [0.29, 0.717) is 5.25 Å². The lowest BCUT2D eigenvalue weighted by Crippen LogP contribution is -1.79. The van der Waals surface area contributed by atoms with Crippen molar-refractivity contribution in [1.82, 2.24) is 0 Å². The van der Waals surface area contributed by atoms with Crippen molar-refractivity contribution in [3.63, 3.8) is 0 Å². The lowest BCUT2D eigenvalue weighted by atomic mass is 10.6. The zero-order valence-electron chi connectivity index (χ0n) is 4.52. The molecule has 2 heteroatoms. The van der Waals surface area contributed by atoms with Crippen molar-refractivity contribution in [3.05, 3.63) is 10.4 Å². The normalized spacial score (nSPS) is 11.4. The highest BCUT2D eigenvalue weighted by atomic mass is 79.9. The van der Waals surface area contributed by atoms with Crippen LogP contribution >= 0.6 is 27.7 Å². The molecule has 42 valence electrons. The Morgan fingerprint density at radius 2 is 2.14 bits per heavy atom. The minimum absolute atomic E-state index is 0.703. The van der Waals surface area contributed by atoms with E-state index >= 15 is 0 Å². The third-order valence-corrected chi connectivity index (χ3v) is 1.85. The summed E-state index contributed by atoms with van der Waals surface area (Å²) in [6.07, 6.45) is 0. The van der Waals surface area contributed by atoms with Gasteiger partial charge in [-0.1, -0.05) is 29.8 Å². The highest BCUT2D eigenvalue weighted by Crippen LogP contribution is 2.10. The van der Waals surface area contributed by atoms with Crippen LogP contribution < -0.4 is 0 Å². The van der Waals surface area contributed by atoms with Gasteiger partial charge in [0.2, 0.25) is 0 Å². The number of thioether (sulfide) groups is 1. The van der Waals surface area contributed by atoms with Crippen LogP contribution in [0.4, 0.5) is 0 Å². The van der Waals surface area contributed by atoms with Gasteiger partial charge in [0.15, 0.2) is 0 Å². The fraction of sp³-hybridized carbons (Fsp3) is 0.600. The van der Waals surface area contributed by atoms with Gasteiger partial charge in [0.1, 0.15) is 0 Å². The van der Waals surface area contributed by atoms with E-state index in [-0.39, 0.29) is 0 Å². The monoisotopic (exact) mass is 180 g/mol. The molecule has 0 rings (SSSR count). The van der Waals surface area contributed by atoms with Crippen molar-refractivity contribution < 1.29 is 0 Å². The summed E-state index contributed by atoms with van der Waals surface area (Å²) in [5.74, 6) is 0. The van der Waals surface area contributed by atoms with Crippen molar-refractivity contribution >= 4 is 27.7 Å². The standard InChI is InChI=1S/C5H9BrS/c1-5(2)7-4-3-6/h3-5H,1-2H3/b4-3+. The highest BCUT2D eigenvalue weighted by molar-refractivity contribution is 9.11. The summed E-state index contributed by atoms with van der Waals surface area (Å²) >= 11 is 4.98. The van der Waals surface area contributed by atoms with Gasteiger partial charge in [-0.3, -0.25) is 0 Å². The Labute approximate surface area is 57.5 Å². The largest absolute Gasteiger partial charge is 0.131 e. The maximum Gasteiger partial charge on any atom is 0.00319 e. The molecule has 0 aromatic heterocycles. The third-order valence-electron chi connectivity index (χ3n) is 0.402. The summed E-state index contributed by atoms with van der Waals surface area (Å²) < 4.78 is 0. The molecule has 0 bridgehead atoms. The van der Waals surface area contributed by atoms with Crippen LogP contribution in [0.2, 0.25) is 0 Å². The molecule has 0 aliphatic rings. The predicted octanol–water partition coefficient (Wildman–Crippen LogP) is 2.99. The molecule has 0 saturated heterocycles. The molecular weight excluding hydrogens is 172 g/mol. The summed E-state index contributed by atoms with van der Waals surface area (Å²) in [6, 6.07) is 0. The molecule has 0 aromatic rings. The lowest BCUT2D eigenvalue weighted by Gasteiger charge is -1.93. The molecule has 0 amide bonds. The molecular formula is C5H9BrS. The minimum Gasteiger partial charge on any atom is -0.131 e. The van der Waals surface area contributed by atoms with Gasteiger partial charge in [0.25, 0.3) is 0 Å². The number of rotatable bonds is 2. The quantitative estimate of drug-likeness (QED) is 0.630. The predicted molar refractivity (Wildman–Crippen MR) is 40.8 cm³/mol. The first kappa shape index (κ1) is 7.57. The van der Waals surface area contributed by atoms with Crippen LogP contribution in [-0.2, 0) is 0 Å². The lowest BCUT2D eigenvalue weighted by molar-refractivity contribution is 1.12. The Balaban J connectivity index is 2.97. The minimum atomic E-state index is 0.703. The SMILES string of the molecule is CC(C)S/C=C/Br. The van der Waals surface area contributed by atoms with Crippen LogP contribution in [0.5, 0.6) is 0 Å². The topological polar surface area (TPSA) is 0 Å². The Morgan fingerprint density at radius 1 is 1.57 bits per heavy atom. The summed E-state index contributed by atoms with van der Waals surface area (Å²) in [4.78, 5) is 1.87. The highest BCUT2D eigenvalue weighted by Gasteiger charge is 1.84. The Morgan fingerprint density at radius 3 is 2.29 bits per heavy atom. The molecule has 0 nitrogen and oxygen atoms in total. The van der Waals surface area contributed by atoms with E-state index in [1.54, 1.807) is 11.8 Å². The third kappa shape index (κ3) is 6.57. The zero-order valence-corrected chi connectivity index (χ0v) is 6.92. The number of hydrogen-bond acceptors (Lipinski definition) is 1. The van der Waals surface area contributed by atoms with E-state index in [0.717, 1.165) is 0 Å². The van der Waals surface area contributed by atoms with Crippen molar-refractivity contribution in [2.75, 3.05) is 0 Å². The zero-order chi connectivity index (χ0) is 5.70. The van der Waals surface area contributed by atoms with Gasteiger partial charge in [-0.2, -0.15) is 0 Å². The van der Waals surface area contributed by atoms with Crippen molar-refractivity contribution in [1.29, 1.82) is 0 Å². The first-order chi connectivity index (χ1) is 3.27. The van der Waals surface area contributed by atoms with Gasteiger partial charge in [-0.05, 0) is 10.4 Å². The van der Waals surface area contributed by atoms with E-state index in [2.05, 4.69) is 29.8 Å². The van der Waals surface area contributed by atoms with Gasteiger partial charge < -0.3 is 0 Å². The van der Waals surface area contributed by atoms with E-state index in [9.17, 15) is 0 Å². The van der Waals surface area contributed by atoms with Gasteiger partial charge in [-0.15, -0.1) is 11.8 Å². The van der Waals surface area contributed by atoms with E-state index in [4.69, 9.17) is 0 Å². The van der Waals surface area contributed by atoms with Gasteiger partial charge in [-0.25, -0.2) is 0 Å². The molecule has 0 aliphatic carbocycles. The van der Waals surface area contributed by atoms with Crippen LogP contribution in [0.1, 0.15) is 13.8 Å². The second-order valence-electron chi connectivity index (χ2n) is 1.45. The number of hydrogen-bond donors (Lipinski definition) is 0. The first-order valence-electron chi connectivity index (χ1n) is 2.18. The second kappa shape index (κ2) is 4.72. The van der Waals surface area contributed by atoms with Gasteiger partial charge >= 0.3 is 0 Å². The van der Waals surface area contributed by atoms with E-state index in [1.807, 2.05) is 10.4 Å². The summed E-state index contributed by atoms with van der Waals surface area (Å²) in [5, 5.41) is 2.74.